The van der Waals surface area contributed by atoms with Crippen LogP contribution in [-0.4, -0.2) is 9.55 Å². The number of rotatable bonds is 3. The molecule has 2 aromatic heterocycles. The maximum atomic E-state index is 5.68. The fourth-order valence-electron chi connectivity index (χ4n) is 1.96. The van der Waals surface area contributed by atoms with Crippen molar-refractivity contribution in [2.24, 2.45) is 0 Å². The number of oxazole rings is 1. The molecule has 0 atom stereocenters. The van der Waals surface area contributed by atoms with Crippen LogP contribution in [0.2, 0.25) is 0 Å². The molecule has 1 aromatic carbocycles. The third-order valence-corrected chi connectivity index (χ3v) is 3.38. The average molecular weight is 286 g/mol. The molecule has 0 saturated carbocycles. The number of nitrogens with zero attached hydrogens (tertiary/aromatic N) is 2. The predicted octanol–water partition coefficient (Wildman–Crippen LogP) is 4.73. The van der Waals surface area contributed by atoms with Crippen LogP contribution in [-0.2, 0) is 0 Å². The van der Waals surface area contributed by atoms with Gasteiger partial charge in [-0.1, -0.05) is 24.4 Å². The summed E-state index contributed by atoms with van der Waals surface area (Å²) in [5, 5.41) is 0. The molecule has 5 heteroatoms. The van der Waals surface area contributed by atoms with Gasteiger partial charge in [-0.3, -0.25) is 0 Å². The molecule has 0 bridgehead atoms. The van der Waals surface area contributed by atoms with Crippen LogP contribution in [0.4, 0.5) is 0 Å². The lowest BCUT2D eigenvalue weighted by Crippen LogP contribution is -2.03. The number of hydrogen-bond donors (Lipinski definition) is 0. The maximum absolute atomic E-state index is 5.68. The topological polar surface area (TPSA) is 40.2 Å². The highest BCUT2D eigenvalue weighted by Crippen LogP contribution is 2.26. The van der Waals surface area contributed by atoms with Gasteiger partial charge in [-0.2, -0.15) is 4.98 Å². The molecule has 0 aliphatic rings. The second kappa shape index (κ2) is 5.09. The molecule has 0 radical (unpaired) electrons. The molecule has 0 fully saturated rings. The van der Waals surface area contributed by atoms with Gasteiger partial charge in [0.1, 0.15) is 10.2 Å². The molecule has 0 N–H and O–H groups in total. The Hall–Kier alpha value is -2.14. The quantitative estimate of drug-likeness (QED) is 0.652. The van der Waals surface area contributed by atoms with E-state index in [0.717, 1.165) is 5.52 Å². The summed E-state index contributed by atoms with van der Waals surface area (Å²) in [6.07, 6.45) is 2.14. The molecule has 0 aliphatic carbocycles. The van der Waals surface area contributed by atoms with E-state index in [4.69, 9.17) is 21.4 Å². The Morgan fingerprint density at radius 2 is 2.00 bits per heavy atom. The molecule has 0 aliphatic heterocycles. The van der Waals surface area contributed by atoms with Crippen molar-refractivity contribution in [3.8, 4) is 11.8 Å². The van der Waals surface area contributed by atoms with Gasteiger partial charge in [0, 0.05) is 12.2 Å². The SMILES string of the molecule is CC(C)n1cccc(Oc2nc3ccccc3o2)c1=S. The fourth-order valence-corrected chi connectivity index (χ4v) is 2.34. The highest BCUT2D eigenvalue weighted by molar-refractivity contribution is 7.71. The fraction of sp³-hybridized carbons (Fsp3) is 0.200. The first-order valence-corrected chi connectivity index (χ1v) is 6.80. The highest BCUT2D eigenvalue weighted by Gasteiger charge is 2.10. The van der Waals surface area contributed by atoms with E-state index >= 15 is 0 Å². The van der Waals surface area contributed by atoms with E-state index in [0.29, 0.717) is 16.0 Å². The zero-order valence-electron chi connectivity index (χ0n) is 11.2. The van der Waals surface area contributed by atoms with E-state index in [9.17, 15) is 0 Å². The van der Waals surface area contributed by atoms with Gasteiger partial charge in [-0.25, -0.2) is 0 Å². The first-order valence-electron chi connectivity index (χ1n) is 6.40. The Morgan fingerprint density at radius 1 is 1.20 bits per heavy atom. The number of benzene rings is 1. The van der Waals surface area contributed by atoms with Crippen LogP contribution in [0.25, 0.3) is 11.1 Å². The average Bonchev–Trinajstić information content (AvgIpc) is 2.83. The normalized spacial score (nSPS) is 11.2. The number of aromatic nitrogens is 2. The number of fused-ring (bicyclic) bond motifs is 1. The van der Waals surface area contributed by atoms with E-state index in [1.54, 1.807) is 0 Å². The van der Waals surface area contributed by atoms with Crippen LogP contribution in [0.3, 0.4) is 0 Å². The molecule has 20 heavy (non-hydrogen) atoms. The van der Waals surface area contributed by atoms with E-state index in [1.165, 1.54) is 0 Å². The summed E-state index contributed by atoms with van der Waals surface area (Å²) in [6.45, 7) is 4.14. The van der Waals surface area contributed by atoms with E-state index in [2.05, 4.69) is 18.8 Å². The number of ether oxygens (including phenoxy) is 1. The van der Waals surface area contributed by atoms with Crippen molar-refractivity contribution < 1.29 is 9.15 Å². The Morgan fingerprint density at radius 3 is 2.75 bits per heavy atom. The van der Waals surface area contributed by atoms with Crippen LogP contribution in [0.5, 0.6) is 11.8 Å². The largest absolute Gasteiger partial charge is 0.409 e. The molecule has 0 saturated heterocycles. The second-order valence-corrected chi connectivity index (χ2v) is 5.11. The van der Waals surface area contributed by atoms with Crippen molar-refractivity contribution in [1.29, 1.82) is 0 Å². The Balaban J connectivity index is 1.99. The molecule has 102 valence electrons. The summed E-state index contributed by atoms with van der Waals surface area (Å²) < 4.78 is 13.8. The summed E-state index contributed by atoms with van der Waals surface area (Å²) >= 11 is 5.42. The van der Waals surface area contributed by atoms with Crippen LogP contribution in [0, 0.1) is 4.64 Å². The van der Waals surface area contributed by atoms with Gasteiger partial charge >= 0.3 is 6.08 Å². The van der Waals surface area contributed by atoms with Gasteiger partial charge in [0.2, 0.25) is 0 Å². The minimum Gasteiger partial charge on any atom is -0.409 e. The first kappa shape index (κ1) is 12.9. The van der Waals surface area contributed by atoms with Gasteiger partial charge in [-0.15, -0.1) is 0 Å². The summed E-state index contributed by atoms with van der Waals surface area (Å²) in [6, 6.07) is 11.5. The van der Waals surface area contributed by atoms with Crippen molar-refractivity contribution in [1.82, 2.24) is 9.55 Å². The zero-order valence-corrected chi connectivity index (χ0v) is 12.1. The third kappa shape index (κ3) is 2.32. The van der Waals surface area contributed by atoms with E-state index < -0.39 is 0 Å². The smallest absolute Gasteiger partial charge is 0.400 e. The molecule has 0 amide bonds. The third-order valence-electron chi connectivity index (χ3n) is 2.97. The van der Waals surface area contributed by atoms with Crippen LogP contribution in [0.1, 0.15) is 19.9 Å². The van der Waals surface area contributed by atoms with Gasteiger partial charge < -0.3 is 13.7 Å². The molecular formula is C15H14N2O2S. The standard InChI is InChI=1S/C15H14N2O2S/c1-10(2)17-9-5-8-13(14(17)20)19-15-16-11-6-3-4-7-12(11)18-15/h3-10H,1-2H3. The summed E-state index contributed by atoms with van der Waals surface area (Å²) in [5.74, 6) is 0.572. The van der Waals surface area contributed by atoms with Gasteiger partial charge in [0.15, 0.2) is 11.3 Å². The highest BCUT2D eigenvalue weighted by atomic mass is 32.1. The van der Waals surface area contributed by atoms with Gasteiger partial charge in [-0.05, 0) is 38.1 Å². The molecule has 3 aromatic rings. The molecular weight excluding hydrogens is 272 g/mol. The van der Waals surface area contributed by atoms with Gasteiger partial charge in [0.25, 0.3) is 0 Å². The maximum Gasteiger partial charge on any atom is 0.400 e. The minimum absolute atomic E-state index is 0.207. The molecule has 3 rings (SSSR count). The van der Waals surface area contributed by atoms with Crippen molar-refractivity contribution in [3.05, 3.63) is 47.2 Å². The Bertz CT molecular complexity index is 772. The van der Waals surface area contributed by atoms with Crippen LogP contribution in [0.15, 0.2) is 47.0 Å². The number of para-hydroxylation sites is 2. The summed E-state index contributed by atoms with van der Waals surface area (Å²) in [7, 11) is 0. The molecule has 2 heterocycles. The monoisotopic (exact) mass is 286 g/mol. The summed E-state index contributed by atoms with van der Waals surface area (Å²) in [4.78, 5) is 4.28. The second-order valence-electron chi connectivity index (χ2n) is 4.73. The lowest BCUT2D eigenvalue weighted by atomic mass is 10.3. The first-order chi connectivity index (χ1) is 9.65. The zero-order chi connectivity index (χ0) is 14.1. The van der Waals surface area contributed by atoms with Crippen molar-refractivity contribution in [2.45, 2.75) is 19.9 Å². The predicted molar refractivity (Wildman–Crippen MR) is 79.7 cm³/mol. The molecule has 0 spiro atoms. The Labute approximate surface area is 121 Å². The lowest BCUT2D eigenvalue weighted by molar-refractivity contribution is 0.338. The van der Waals surface area contributed by atoms with Crippen molar-refractivity contribution in [2.75, 3.05) is 0 Å². The Kier molecular flexibility index (Phi) is 3.28. The molecule has 0 unspecified atom stereocenters. The van der Waals surface area contributed by atoms with E-state index in [1.807, 2.05) is 47.2 Å². The lowest BCUT2D eigenvalue weighted by Gasteiger charge is -2.12. The van der Waals surface area contributed by atoms with Crippen molar-refractivity contribution >= 4 is 23.3 Å². The molecule has 4 nitrogen and oxygen atoms in total. The minimum atomic E-state index is 0.207. The van der Waals surface area contributed by atoms with E-state index in [-0.39, 0.29) is 12.1 Å². The van der Waals surface area contributed by atoms with Crippen molar-refractivity contribution in [3.63, 3.8) is 0 Å². The number of hydrogen-bond acceptors (Lipinski definition) is 4. The summed E-state index contributed by atoms with van der Waals surface area (Å²) in [5.41, 5.74) is 1.46. The van der Waals surface area contributed by atoms with Crippen LogP contribution < -0.4 is 4.74 Å². The number of pyridine rings is 1. The van der Waals surface area contributed by atoms with Gasteiger partial charge in [0.05, 0.1) is 0 Å². The van der Waals surface area contributed by atoms with Crippen LogP contribution >= 0.6 is 12.2 Å².